The minimum atomic E-state index is -0.174. The van der Waals surface area contributed by atoms with E-state index in [-0.39, 0.29) is 16.9 Å². The topological polar surface area (TPSA) is 70.7 Å². The van der Waals surface area contributed by atoms with Gasteiger partial charge in [-0.15, -0.1) is 0 Å². The summed E-state index contributed by atoms with van der Waals surface area (Å²) in [5.41, 5.74) is 1.25. The van der Waals surface area contributed by atoms with Crippen LogP contribution in [0.4, 0.5) is 0 Å². The maximum Gasteiger partial charge on any atom is 0.200 e. The van der Waals surface area contributed by atoms with Crippen molar-refractivity contribution in [3.63, 3.8) is 0 Å². The average Bonchev–Trinajstić information content (AvgIpc) is 2.68. The van der Waals surface area contributed by atoms with Crippen molar-refractivity contribution in [2.75, 3.05) is 0 Å². The number of hydrogen-bond donors (Lipinski definition) is 2. The van der Waals surface area contributed by atoms with Crippen molar-refractivity contribution in [3.05, 3.63) is 59.0 Å². The van der Waals surface area contributed by atoms with E-state index >= 15 is 0 Å². The fraction of sp³-hybridized carbons (Fsp3) is 0.286. The Kier molecular flexibility index (Phi) is 10.4. The molecule has 4 nitrogen and oxygen atoms in total. The Morgan fingerprint density at radius 2 is 1.28 bits per heavy atom. The van der Waals surface area contributed by atoms with Gasteiger partial charge in [0.1, 0.15) is 23.3 Å². The van der Waals surface area contributed by atoms with Crippen molar-refractivity contribution in [2.45, 2.75) is 41.5 Å². The van der Waals surface area contributed by atoms with Crippen LogP contribution in [-0.4, -0.2) is 10.2 Å². The minimum Gasteiger partial charge on any atom is -0.508 e. The van der Waals surface area contributed by atoms with E-state index in [1.807, 2.05) is 41.5 Å². The van der Waals surface area contributed by atoms with Gasteiger partial charge in [0.25, 0.3) is 0 Å². The highest BCUT2D eigenvalue weighted by molar-refractivity contribution is 5.82. The maximum absolute atomic E-state index is 12.3. The minimum absolute atomic E-state index is 0.0491. The molecule has 0 aliphatic rings. The van der Waals surface area contributed by atoms with Crippen molar-refractivity contribution in [1.82, 2.24) is 0 Å². The number of fused-ring (bicyclic) bond motifs is 1. The molecule has 3 rings (SSSR count). The Bertz CT molecular complexity index is 802. The van der Waals surface area contributed by atoms with Gasteiger partial charge >= 0.3 is 0 Å². The molecule has 3 aromatic rings. The smallest absolute Gasteiger partial charge is 0.200 e. The van der Waals surface area contributed by atoms with E-state index in [0.717, 1.165) is 0 Å². The molecule has 0 aliphatic carbocycles. The Morgan fingerprint density at radius 3 is 1.84 bits per heavy atom. The van der Waals surface area contributed by atoms with E-state index < -0.39 is 0 Å². The molecule has 0 amide bonds. The molecule has 0 atom stereocenters. The predicted molar refractivity (Wildman–Crippen MR) is 105 cm³/mol. The lowest BCUT2D eigenvalue weighted by Gasteiger charge is -2.03. The lowest BCUT2D eigenvalue weighted by Crippen LogP contribution is -2.04. The second kappa shape index (κ2) is 11.7. The van der Waals surface area contributed by atoms with Gasteiger partial charge in [0, 0.05) is 6.07 Å². The number of benzene rings is 2. The van der Waals surface area contributed by atoms with Gasteiger partial charge in [-0.3, -0.25) is 4.79 Å². The molecule has 0 fully saturated rings. The molecule has 0 aliphatic heterocycles. The molecular formula is C21H28O4. The first-order chi connectivity index (χ1) is 12.1. The molecule has 4 heteroatoms. The molecule has 1 heterocycles. The monoisotopic (exact) mass is 344 g/mol. The number of rotatable bonds is 1. The van der Waals surface area contributed by atoms with Crippen LogP contribution in [0.25, 0.3) is 22.1 Å². The first-order valence-corrected chi connectivity index (χ1v) is 8.69. The Balaban J connectivity index is 0.000000871. The van der Waals surface area contributed by atoms with Crippen LogP contribution in [0, 0.1) is 0 Å². The van der Waals surface area contributed by atoms with Gasteiger partial charge in [-0.1, -0.05) is 53.7 Å². The molecule has 2 aromatic carbocycles. The normalized spacial score (nSPS) is 8.88. The van der Waals surface area contributed by atoms with Gasteiger partial charge in [-0.05, 0) is 29.8 Å². The largest absolute Gasteiger partial charge is 0.508 e. The van der Waals surface area contributed by atoms with Crippen LogP contribution in [0.5, 0.6) is 11.5 Å². The van der Waals surface area contributed by atoms with Crippen molar-refractivity contribution < 1.29 is 14.6 Å². The van der Waals surface area contributed by atoms with E-state index in [0.29, 0.717) is 22.1 Å². The highest BCUT2D eigenvalue weighted by atomic mass is 16.3. The van der Waals surface area contributed by atoms with Crippen molar-refractivity contribution in [1.29, 1.82) is 0 Å². The molecule has 2 N–H and O–H groups in total. The van der Waals surface area contributed by atoms with Crippen LogP contribution in [0.2, 0.25) is 0 Å². The summed E-state index contributed by atoms with van der Waals surface area (Å²) in [4.78, 5) is 12.3. The maximum atomic E-state index is 12.3. The molecule has 0 saturated carbocycles. The predicted octanol–water partition coefficient (Wildman–Crippen LogP) is 5.95. The fourth-order valence-corrected chi connectivity index (χ4v) is 1.96. The number of hydrogen-bond acceptors (Lipinski definition) is 4. The summed E-state index contributed by atoms with van der Waals surface area (Å²) >= 11 is 0. The third-order valence-electron chi connectivity index (χ3n) is 2.94. The summed E-state index contributed by atoms with van der Waals surface area (Å²) in [6, 6.07) is 10.7. The molecule has 0 radical (unpaired) electrons. The zero-order valence-electron chi connectivity index (χ0n) is 15.8. The van der Waals surface area contributed by atoms with Crippen LogP contribution < -0.4 is 5.43 Å². The fourth-order valence-electron chi connectivity index (χ4n) is 1.96. The van der Waals surface area contributed by atoms with Gasteiger partial charge in [-0.25, -0.2) is 0 Å². The second-order valence-electron chi connectivity index (χ2n) is 4.21. The van der Waals surface area contributed by atoms with Crippen molar-refractivity contribution in [2.24, 2.45) is 0 Å². The van der Waals surface area contributed by atoms with Crippen LogP contribution in [-0.2, 0) is 0 Å². The molecule has 136 valence electrons. The van der Waals surface area contributed by atoms with Gasteiger partial charge < -0.3 is 14.6 Å². The van der Waals surface area contributed by atoms with E-state index in [1.54, 1.807) is 12.1 Å². The second-order valence-corrected chi connectivity index (χ2v) is 4.21. The summed E-state index contributed by atoms with van der Waals surface area (Å²) in [5, 5.41) is 19.0. The average molecular weight is 344 g/mol. The lowest BCUT2D eigenvalue weighted by molar-refractivity contribution is 0.473. The number of phenols is 2. The van der Waals surface area contributed by atoms with Crippen LogP contribution in [0.3, 0.4) is 0 Å². The molecule has 1 aromatic heterocycles. The Hall–Kier alpha value is -2.75. The van der Waals surface area contributed by atoms with Crippen LogP contribution >= 0.6 is 0 Å². The standard InChI is InChI=1S/C15H10O4.3C2H6/c16-10-3-1-9(2-4-10)13-8-19-14-7-11(17)5-6-12(14)15(13)18;3*1-2/h1-8,16-17H;3*1-2H3. The van der Waals surface area contributed by atoms with E-state index in [4.69, 9.17) is 4.42 Å². The number of aromatic hydroxyl groups is 2. The lowest BCUT2D eigenvalue weighted by atomic mass is 10.1. The summed E-state index contributed by atoms with van der Waals surface area (Å²) in [5.74, 6) is 0.187. The SMILES string of the molecule is CC.CC.CC.O=c1c(-c2ccc(O)cc2)coc2cc(O)ccc12. The third-order valence-corrected chi connectivity index (χ3v) is 2.94. The van der Waals surface area contributed by atoms with E-state index in [9.17, 15) is 15.0 Å². The molecule has 0 bridgehead atoms. The molecule has 0 unspecified atom stereocenters. The zero-order chi connectivity index (χ0) is 19.4. The molecular weight excluding hydrogens is 316 g/mol. The highest BCUT2D eigenvalue weighted by Gasteiger charge is 2.09. The zero-order valence-corrected chi connectivity index (χ0v) is 15.8. The van der Waals surface area contributed by atoms with E-state index in [2.05, 4.69) is 0 Å². The summed E-state index contributed by atoms with van der Waals surface area (Å²) in [6.45, 7) is 12.0. The molecule has 0 spiro atoms. The Morgan fingerprint density at radius 1 is 0.760 bits per heavy atom. The summed E-state index contributed by atoms with van der Waals surface area (Å²) in [7, 11) is 0. The molecule has 25 heavy (non-hydrogen) atoms. The van der Waals surface area contributed by atoms with Gasteiger partial charge in [0.05, 0.1) is 10.9 Å². The summed E-state index contributed by atoms with van der Waals surface area (Å²) < 4.78 is 5.37. The van der Waals surface area contributed by atoms with Crippen molar-refractivity contribution >= 4 is 11.0 Å². The van der Waals surface area contributed by atoms with Gasteiger partial charge in [0.2, 0.25) is 0 Å². The number of phenolic OH excluding ortho intramolecular Hbond substituents is 2. The first-order valence-electron chi connectivity index (χ1n) is 8.69. The first kappa shape index (κ1) is 22.2. The third kappa shape index (κ3) is 5.68. The van der Waals surface area contributed by atoms with Gasteiger partial charge in [-0.2, -0.15) is 0 Å². The van der Waals surface area contributed by atoms with E-state index in [1.165, 1.54) is 36.6 Å². The van der Waals surface area contributed by atoms with Gasteiger partial charge in [0.15, 0.2) is 5.43 Å². The van der Waals surface area contributed by atoms with Crippen LogP contribution in [0.15, 0.2) is 57.9 Å². The highest BCUT2D eigenvalue weighted by Crippen LogP contribution is 2.23. The summed E-state index contributed by atoms with van der Waals surface area (Å²) in [6.07, 6.45) is 1.36. The quantitative estimate of drug-likeness (QED) is 0.572. The molecule has 0 saturated heterocycles. The Labute approximate surface area is 149 Å². The van der Waals surface area contributed by atoms with Crippen LogP contribution in [0.1, 0.15) is 41.5 Å². The van der Waals surface area contributed by atoms with Crippen molar-refractivity contribution in [3.8, 4) is 22.6 Å².